The highest BCUT2D eigenvalue weighted by Gasteiger charge is 2.18. The van der Waals surface area contributed by atoms with Gasteiger partial charge < -0.3 is 5.32 Å². The molecule has 3 aromatic rings. The normalized spacial score (nSPS) is 10.9. The van der Waals surface area contributed by atoms with E-state index in [0.717, 1.165) is 0 Å². The standard InChI is InChI=1S/C20H17ClFN/c21-18-12-7-13-19(22)17(18)14-23-20(15-8-3-1-4-9-15)16-10-5-2-6-11-16/h1-13,20,23H,14H2/p+1. The lowest BCUT2D eigenvalue weighted by molar-refractivity contribution is -0.702. The maximum Gasteiger partial charge on any atom is 0.138 e. The van der Waals surface area contributed by atoms with Crippen LogP contribution in [0.3, 0.4) is 0 Å². The fourth-order valence-corrected chi connectivity index (χ4v) is 2.99. The van der Waals surface area contributed by atoms with Crippen LogP contribution in [0.5, 0.6) is 0 Å². The highest BCUT2D eigenvalue weighted by molar-refractivity contribution is 6.31. The Kier molecular flexibility index (Phi) is 5.06. The third-order valence-electron chi connectivity index (χ3n) is 3.94. The van der Waals surface area contributed by atoms with Crippen LogP contribution >= 0.6 is 11.6 Å². The summed E-state index contributed by atoms with van der Waals surface area (Å²) in [6, 6.07) is 25.4. The Labute approximate surface area is 140 Å². The predicted molar refractivity (Wildman–Crippen MR) is 91.8 cm³/mol. The first kappa shape index (κ1) is 15.7. The fraction of sp³-hybridized carbons (Fsp3) is 0.100. The molecule has 1 nitrogen and oxygen atoms in total. The van der Waals surface area contributed by atoms with E-state index in [1.807, 2.05) is 36.4 Å². The summed E-state index contributed by atoms with van der Waals surface area (Å²) in [6.07, 6.45) is 0. The fourth-order valence-electron chi connectivity index (χ4n) is 2.75. The van der Waals surface area contributed by atoms with Crippen molar-refractivity contribution in [2.24, 2.45) is 0 Å². The van der Waals surface area contributed by atoms with Crippen LogP contribution in [0, 0.1) is 5.82 Å². The van der Waals surface area contributed by atoms with Crippen LogP contribution in [0.4, 0.5) is 4.39 Å². The third kappa shape index (κ3) is 3.79. The predicted octanol–water partition coefficient (Wildman–Crippen LogP) is 4.33. The molecule has 0 aliphatic rings. The van der Waals surface area contributed by atoms with Crippen LogP contribution in [0.1, 0.15) is 22.7 Å². The van der Waals surface area contributed by atoms with Crippen molar-refractivity contribution in [2.75, 3.05) is 0 Å². The molecule has 0 aromatic heterocycles. The molecule has 0 aliphatic carbocycles. The van der Waals surface area contributed by atoms with Gasteiger partial charge in [-0.05, 0) is 12.1 Å². The molecule has 2 N–H and O–H groups in total. The van der Waals surface area contributed by atoms with Crippen molar-refractivity contribution >= 4 is 11.6 Å². The summed E-state index contributed by atoms with van der Waals surface area (Å²) in [5, 5.41) is 2.59. The Bertz CT molecular complexity index is 699. The van der Waals surface area contributed by atoms with Gasteiger partial charge in [0.15, 0.2) is 0 Å². The molecule has 0 saturated heterocycles. The average molecular weight is 327 g/mol. The Morgan fingerprint density at radius 3 is 1.87 bits per heavy atom. The molecule has 0 aliphatic heterocycles. The molecule has 3 aromatic carbocycles. The molecule has 23 heavy (non-hydrogen) atoms. The molecule has 3 heteroatoms. The van der Waals surface area contributed by atoms with E-state index in [2.05, 4.69) is 29.6 Å². The van der Waals surface area contributed by atoms with Crippen molar-refractivity contribution in [3.8, 4) is 0 Å². The monoisotopic (exact) mass is 326 g/mol. The molecule has 0 amide bonds. The minimum absolute atomic E-state index is 0.105. The van der Waals surface area contributed by atoms with Gasteiger partial charge in [0.2, 0.25) is 0 Å². The zero-order valence-corrected chi connectivity index (χ0v) is 13.4. The van der Waals surface area contributed by atoms with E-state index in [1.165, 1.54) is 17.2 Å². The summed E-state index contributed by atoms with van der Waals surface area (Å²) in [5.74, 6) is -0.256. The van der Waals surface area contributed by atoms with E-state index in [0.29, 0.717) is 17.1 Å². The highest BCUT2D eigenvalue weighted by atomic mass is 35.5. The number of benzene rings is 3. The van der Waals surface area contributed by atoms with Crippen LogP contribution in [0.2, 0.25) is 5.02 Å². The van der Waals surface area contributed by atoms with Crippen molar-refractivity contribution in [3.05, 3.63) is 106 Å². The van der Waals surface area contributed by atoms with Gasteiger partial charge in [0.25, 0.3) is 0 Å². The number of hydrogen-bond donors (Lipinski definition) is 1. The second kappa shape index (κ2) is 7.40. The largest absolute Gasteiger partial charge is 0.332 e. The van der Waals surface area contributed by atoms with Gasteiger partial charge in [-0.15, -0.1) is 0 Å². The van der Waals surface area contributed by atoms with Crippen LogP contribution in [0.15, 0.2) is 78.9 Å². The lowest BCUT2D eigenvalue weighted by atomic mass is 9.98. The second-order valence-electron chi connectivity index (χ2n) is 5.44. The maximum atomic E-state index is 14.0. The van der Waals surface area contributed by atoms with Gasteiger partial charge in [-0.3, -0.25) is 0 Å². The first-order valence-corrected chi connectivity index (χ1v) is 7.99. The SMILES string of the molecule is Fc1cccc(Cl)c1C[NH2+]C(c1ccccc1)c1ccccc1. The Morgan fingerprint density at radius 2 is 1.35 bits per heavy atom. The van der Waals surface area contributed by atoms with Crippen molar-refractivity contribution < 1.29 is 9.71 Å². The number of halogens is 2. The molecule has 0 saturated carbocycles. The zero-order valence-electron chi connectivity index (χ0n) is 12.6. The first-order valence-electron chi connectivity index (χ1n) is 7.62. The molecule has 0 atom stereocenters. The molecule has 0 radical (unpaired) electrons. The van der Waals surface area contributed by atoms with E-state index < -0.39 is 0 Å². The Balaban J connectivity index is 1.88. The van der Waals surface area contributed by atoms with E-state index >= 15 is 0 Å². The first-order chi connectivity index (χ1) is 11.3. The van der Waals surface area contributed by atoms with Crippen molar-refractivity contribution in [2.45, 2.75) is 12.6 Å². The van der Waals surface area contributed by atoms with Crippen LogP contribution < -0.4 is 5.32 Å². The summed E-state index contributed by atoms with van der Waals surface area (Å²) in [6.45, 7) is 0.486. The molecule has 0 heterocycles. The Morgan fingerprint density at radius 1 is 0.783 bits per heavy atom. The molecule has 0 fully saturated rings. The van der Waals surface area contributed by atoms with Crippen LogP contribution in [-0.4, -0.2) is 0 Å². The molecule has 0 spiro atoms. The molecule has 116 valence electrons. The van der Waals surface area contributed by atoms with Crippen LogP contribution in [0.25, 0.3) is 0 Å². The maximum absolute atomic E-state index is 14.0. The molecular weight excluding hydrogens is 309 g/mol. The number of nitrogens with two attached hydrogens (primary N) is 1. The summed E-state index contributed by atoms with van der Waals surface area (Å²) < 4.78 is 14.0. The lowest BCUT2D eigenvalue weighted by Gasteiger charge is -2.17. The van der Waals surface area contributed by atoms with Gasteiger partial charge in [0.05, 0.1) is 10.6 Å². The van der Waals surface area contributed by atoms with Crippen LogP contribution in [-0.2, 0) is 6.54 Å². The second-order valence-corrected chi connectivity index (χ2v) is 5.85. The smallest absolute Gasteiger partial charge is 0.138 e. The van der Waals surface area contributed by atoms with Gasteiger partial charge >= 0.3 is 0 Å². The van der Waals surface area contributed by atoms with Crippen molar-refractivity contribution in [3.63, 3.8) is 0 Å². The van der Waals surface area contributed by atoms with E-state index in [-0.39, 0.29) is 11.9 Å². The zero-order chi connectivity index (χ0) is 16.1. The topological polar surface area (TPSA) is 16.6 Å². The highest BCUT2D eigenvalue weighted by Crippen LogP contribution is 2.20. The molecule has 0 bridgehead atoms. The molecular formula is C20H18ClFN+. The van der Waals surface area contributed by atoms with Crippen molar-refractivity contribution in [1.82, 2.24) is 0 Å². The molecule has 3 rings (SSSR count). The average Bonchev–Trinajstić information content (AvgIpc) is 2.59. The Hall–Kier alpha value is -2.16. The van der Waals surface area contributed by atoms with E-state index in [4.69, 9.17) is 11.6 Å². The van der Waals surface area contributed by atoms with Gasteiger partial charge in [0, 0.05) is 11.1 Å². The van der Waals surface area contributed by atoms with Crippen molar-refractivity contribution in [1.29, 1.82) is 0 Å². The minimum atomic E-state index is -0.256. The number of rotatable bonds is 5. The summed E-state index contributed by atoms with van der Waals surface area (Å²) in [4.78, 5) is 0. The molecule has 0 unspecified atom stereocenters. The van der Waals surface area contributed by atoms with Gasteiger partial charge in [-0.1, -0.05) is 78.3 Å². The minimum Gasteiger partial charge on any atom is -0.332 e. The third-order valence-corrected chi connectivity index (χ3v) is 4.29. The summed E-state index contributed by atoms with van der Waals surface area (Å²) in [7, 11) is 0. The quantitative estimate of drug-likeness (QED) is 0.718. The van der Waals surface area contributed by atoms with Gasteiger partial charge in [-0.2, -0.15) is 0 Å². The number of hydrogen-bond acceptors (Lipinski definition) is 0. The van der Waals surface area contributed by atoms with E-state index in [9.17, 15) is 4.39 Å². The summed E-state index contributed by atoms with van der Waals surface area (Å²) in [5.41, 5.74) is 2.92. The van der Waals surface area contributed by atoms with E-state index in [1.54, 1.807) is 12.1 Å². The van der Waals surface area contributed by atoms with Gasteiger partial charge in [-0.25, -0.2) is 4.39 Å². The van der Waals surface area contributed by atoms with Gasteiger partial charge in [0.1, 0.15) is 18.4 Å². The number of quaternary nitrogens is 1. The lowest BCUT2D eigenvalue weighted by Crippen LogP contribution is -2.84. The summed E-state index contributed by atoms with van der Waals surface area (Å²) >= 11 is 6.14.